The molecule has 2 rings (SSSR count). The summed E-state index contributed by atoms with van der Waals surface area (Å²) in [6.07, 6.45) is 0.981. The van der Waals surface area contributed by atoms with E-state index in [0.717, 1.165) is 28.4 Å². The van der Waals surface area contributed by atoms with E-state index in [1.54, 1.807) is 7.11 Å². The molecule has 0 aliphatic heterocycles. The fourth-order valence-electron chi connectivity index (χ4n) is 2.02. The monoisotopic (exact) mass is 318 g/mol. The number of benzene rings is 1. The number of aryl methyl sites for hydroxylation is 1. The van der Waals surface area contributed by atoms with Crippen LogP contribution in [0.2, 0.25) is 0 Å². The zero-order valence-corrected chi connectivity index (χ0v) is 14.3. The summed E-state index contributed by atoms with van der Waals surface area (Å²) in [5.74, 6) is 1.36. The Kier molecular flexibility index (Phi) is 5.55. The number of thiazole rings is 1. The van der Waals surface area contributed by atoms with Crippen molar-refractivity contribution in [1.82, 2.24) is 10.3 Å². The molecule has 0 atom stereocenters. The minimum atomic E-state index is -0.0320. The lowest BCUT2D eigenvalue weighted by Gasteiger charge is -2.05. The smallest absolute Gasteiger partial charge is 0.263 e. The maximum atomic E-state index is 12.2. The highest BCUT2D eigenvalue weighted by atomic mass is 32.1. The van der Waals surface area contributed by atoms with Crippen molar-refractivity contribution in [2.24, 2.45) is 5.92 Å². The molecule has 22 heavy (non-hydrogen) atoms. The molecule has 0 fully saturated rings. The van der Waals surface area contributed by atoms with Crippen molar-refractivity contribution >= 4 is 17.2 Å². The van der Waals surface area contributed by atoms with Gasteiger partial charge >= 0.3 is 0 Å². The van der Waals surface area contributed by atoms with Crippen molar-refractivity contribution in [3.8, 4) is 16.3 Å². The summed E-state index contributed by atoms with van der Waals surface area (Å²) in [6, 6.07) is 7.71. The zero-order chi connectivity index (χ0) is 16.1. The summed E-state index contributed by atoms with van der Waals surface area (Å²) >= 11 is 1.43. The van der Waals surface area contributed by atoms with E-state index in [4.69, 9.17) is 4.74 Å². The van der Waals surface area contributed by atoms with Crippen LogP contribution in [-0.4, -0.2) is 24.5 Å². The largest absolute Gasteiger partial charge is 0.497 e. The Morgan fingerprint density at radius 2 is 2.00 bits per heavy atom. The second-order valence-corrected chi connectivity index (χ2v) is 6.60. The SMILES string of the molecule is COc1ccc(-c2nc(C)c(C(=O)NCCC(C)C)s2)cc1. The third-order valence-electron chi connectivity index (χ3n) is 3.35. The quantitative estimate of drug-likeness (QED) is 0.878. The van der Waals surface area contributed by atoms with E-state index in [2.05, 4.69) is 24.1 Å². The average Bonchev–Trinajstić information content (AvgIpc) is 2.89. The van der Waals surface area contributed by atoms with Crippen LogP contribution in [0.5, 0.6) is 5.75 Å². The third-order valence-corrected chi connectivity index (χ3v) is 4.55. The van der Waals surface area contributed by atoms with Crippen LogP contribution in [-0.2, 0) is 0 Å². The molecule has 1 N–H and O–H groups in total. The van der Waals surface area contributed by atoms with Gasteiger partial charge < -0.3 is 10.1 Å². The van der Waals surface area contributed by atoms with E-state index in [9.17, 15) is 4.79 Å². The Labute approximate surface area is 135 Å². The number of hydrogen-bond donors (Lipinski definition) is 1. The van der Waals surface area contributed by atoms with Crippen LogP contribution in [0.15, 0.2) is 24.3 Å². The first-order valence-corrected chi connectivity index (χ1v) is 8.23. The topological polar surface area (TPSA) is 51.2 Å². The molecule has 0 saturated heterocycles. The van der Waals surface area contributed by atoms with Crippen LogP contribution in [0.4, 0.5) is 0 Å². The van der Waals surface area contributed by atoms with Crippen LogP contribution >= 0.6 is 11.3 Å². The van der Waals surface area contributed by atoms with Gasteiger partial charge in [0.25, 0.3) is 5.91 Å². The minimum absolute atomic E-state index is 0.0320. The van der Waals surface area contributed by atoms with Crippen LogP contribution in [0.1, 0.15) is 35.6 Å². The van der Waals surface area contributed by atoms with Crippen LogP contribution in [0.25, 0.3) is 10.6 Å². The van der Waals surface area contributed by atoms with Gasteiger partial charge in [-0.2, -0.15) is 0 Å². The number of ether oxygens (including phenoxy) is 1. The van der Waals surface area contributed by atoms with Crippen LogP contribution in [0.3, 0.4) is 0 Å². The van der Waals surface area contributed by atoms with E-state index in [1.807, 2.05) is 31.2 Å². The third kappa shape index (κ3) is 4.07. The van der Waals surface area contributed by atoms with Crippen LogP contribution < -0.4 is 10.1 Å². The van der Waals surface area contributed by atoms with Crippen LogP contribution in [0, 0.1) is 12.8 Å². The number of carbonyl (C=O) groups excluding carboxylic acids is 1. The number of rotatable bonds is 6. The van der Waals surface area contributed by atoms with Crippen molar-refractivity contribution in [3.05, 3.63) is 34.8 Å². The Balaban J connectivity index is 2.11. The average molecular weight is 318 g/mol. The number of amides is 1. The highest BCUT2D eigenvalue weighted by molar-refractivity contribution is 7.17. The van der Waals surface area contributed by atoms with E-state index in [0.29, 0.717) is 17.3 Å². The van der Waals surface area contributed by atoms with Gasteiger partial charge in [0.1, 0.15) is 15.6 Å². The molecule has 1 amide bonds. The predicted octanol–water partition coefficient (Wildman–Crippen LogP) is 3.90. The number of aromatic nitrogens is 1. The number of hydrogen-bond acceptors (Lipinski definition) is 4. The molecule has 0 bridgehead atoms. The molecule has 0 spiro atoms. The van der Waals surface area contributed by atoms with Gasteiger partial charge in [0, 0.05) is 12.1 Å². The standard InChI is InChI=1S/C17H22N2O2S/c1-11(2)9-10-18-16(20)15-12(3)19-17(22-15)13-5-7-14(21-4)8-6-13/h5-8,11H,9-10H2,1-4H3,(H,18,20). The summed E-state index contributed by atoms with van der Waals surface area (Å²) in [7, 11) is 1.64. The molecule has 4 nitrogen and oxygen atoms in total. The van der Waals surface area contributed by atoms with Crippen molar-refractivity contribution < 1.29 is 9.53 Å². The Bertz CT molecular complexity index is 633. The second kappa shape index (κ2) is 7.40. The van der Waals surface area contributed by atoms with E-state index < -0.39 is 0 Å². The van der Waals surface area contributed by atoms with Gasteiger partial charge in [-0.25, -0.2) is 4.98 Å². The summed E-state index contributed by atoms with van der Waals surface area (Å²) in [5, 5.41) is 3.82. The number of nitrogens with zero attached hydrogens (tertiary/aromatic N) is 1. The number of carbonyl (C=O) groups is 1. The molecule has 2 aromatic rings. The molecular formula is C17H22N2O2S. The fourth-order valence-corrected chi connectivity index (χ4v) is 3.01. The highest BCUT2D eigenvalue weighted by Crippen LogP contribution is 2.29. The lowest BCUT2D eigenvalue weighted by Crippen LogP contribution is -2.25. The Morgan fingerprint density at radius 3 is 2.59 bits per heavy atom. The minimum Gasteiger partial charge on any atom is -0.497 e. The van der Waals surface area contributed by atoms with Crippen molar-refractivity contribution in [3.63, 3.8) is 0 Å². The van der Waals surface area contributed by atoms with Gasteiger partial charge in [0.05, 0.1) is 12.8 Å². The van der Waals surface area contributed by atoms with E-state index >= 15 is 0 Å². The first-order valence-electron chi connectivity index (χ1n) is 7.41. The first kappa shape index (κ1) is 16.5. The Hall–Kier alpha value is -1.88. The zero-order valence-electron chi connectivity index (χ0n) is 13.5. The molecule has 1 aromatic heterocycles. The molecule has 0 aliphatic rings. The van der Waals surface area contributed by atoms with Gasteiger partial charge in [0.2, 0.25) is 0 Å². The van der Waals surface area contributed by atoms with Gasteiger partial charge in [-0.15, -0.1) is 11.3 Å². The molecule has 5 heteroatoms. The molecule has 0 saturated carbocycles. The number of nitrogens with one attached hydrogen (secondary N) is 1. The first-order chi connectivity index (χ1) is 10.5. The predicted molar refractivity (Wildman–Crippen MR) is 90.6 cm³/mol. The summed E-state index contributed by atoms with van der Waals surface area (Å²) in [5.41, 5.74) is 1.77. The maximum absolute atomic E-state index is 12.2. The highest BCUT2D eigenvalue weighted by Gasteiger charge is 2.16. The summed E-state index contributed by atoms with van der Waals surface area (Å²) < 4.78 is 5.15. The fraction of sp³-hybridized carbons (Fsp3) is 0.412. The van der Waals surface area contributed by atoms with Gasteiger partial charge in [-0.05, 0) is 43.5 Å². The number of methoxy groups -OCH3 is 1. The molecule has 118 valence electrons. The lowest BCUT2D eigenvalue weighted by molar-refractivity contribution is 0.0955. The Morgan fingerprint density at radius 1 is 1.32 bits per heavy atom. The normalized spacial score (nSPS) is 10.8. The van der Waals surface area contributed by atoms with Crippen molar-refractivity contribution in [2.45, 2.75) is 27.2 Å². The lowest BCUT2D eigenvalue weighted by atomic mass is 10.1. The van der Waals surface area contributed by atoms with Gasteiger partial charge in [-0.1, -0.05) is 13.8 Å². The molecule has 1 aromatic carbocycles. The molecule has 0 aliphatic carbocycles. The van der Waals surface area contributed by atoms with Crippen molar-refractivity contribution in [2.75, 3.05) is 13.7 Å². The molecule has 0 radical (unpaired) electrons. The van der Waals surface area contributed by atoms with Gasteiger partial charge in [0.15, 0.2) is 0 Å². The van der Waals surface area contributed by atoms with Crippen molar-refractivity contribution in [1.29, 1.82) is 0 Å². The maximum Gasteiger partial charge on any atom is 0.263 e. The summed E-state index contributed by atoms with van der Waals surface area (Å²) in [4.78, 5) is 17.4. The van der Waals surface area contributed by atoms with Gasteiger partial charge in [-0.3, -0.25) is 4.79 Å². The molecular weight excluding hydrogens is 296 g/mol. The van der Waals surface area contributed by atoms with E-state index in [1.165, 1.54) is 11.3 Å². The molecule has 0 unspecified atom stereocenters. The summed E-state index contributed by atoms with van der Waals surface area (Å²) in [6.45, 7) is 6.87. The van der Waals surface area contributed by atoms with E-state index in [-0.39, 0.29) is 5.91 Å². The second-order valence-electron chi connectivity index (χ2n) is 5.60. The molecule has 1 heterocycles.